The van der Waals surface area contributed by atoms with Crippen LogP contribution in [0.15, 0.2) is 77.8 Å². The fraction of sp³-hybridized carbons (Fsp3) is 0.0476. The lowest BCUT2D eigenvalue weighted by Crippen LogP contribution is -2.25. The Bertz CT molecular complexity index is 1230. The van der Waals surface area contributed by atoms with Crippen molar-refractivity contribution in [3.63, 3.8) is 0 Å². The highest BCUT2D eigenvalue weighted by molar-refractivity contribution is 5.78. The minimum absolute atomic E-state index is 0.116. The second-order valence-electron chi connectivity index (χ2n) is 6.69. The summed E-state index contributed by atoms with van der Waals surface area (Å²) < 4.78 is 28.0. The first-order chi connectivity index (χ1) is 14.1. The Hall–Kier alpha value is -4.12. The number of allylic oxidation sites excluding steroid dienone is 1. The highest BCUT2D eigenvalue weighted by atomic mass is 19.1. The van der Waals surface area contributed by atoms with Crippen molar-refractivity contribution in [3.05, 3.63) is 89.4 Å². The SMILES string of the molecule is N#CC1=CNC(Nc2[nH]ccc3cncc2-3)=C2CN(c3cc(F)ccc3F)C=C12. The highest BCUT2D eigenvalue weighted by Crippen LogP contribution is 2.36. The van der Waals surface area contributed by atoms with E-state index in [2.05, 4.69) is 26.7 Å². The lowest BCUT2D eigenvalue weighted by molar-refractivity contribution is 0.599. The second kappa shape index (κ2) is 6.49. The van der Waals surface area contributed by atoms with Crippen LogP contribution >= 0.6 is 0 Å². The van der Waals surface area contributed by atoms with Crippen molar-refractivity contribution in [2.45, 2.75) is 0 Å². The third-order valence-corrected chi connectivity index (χ3v) is 4.97. The normalized spacial score (nSPS) is 15.6. The molecule has 0 atom stereocenters. The van der Waals surface area contributed by atoms with E-state index in [-0.39, 0.29) is 12.2 Å². The van der Waals surface area contributed by atoms with Gasteiger partial charge in [-0.2, -0.15) is 5.26 Å². The zero-order valence-electron chi connectivity index (χ0n) is 15.0. The van der Waals surface area contributed by atoms with E-state index in [1.165, 1.54) is 0 Å². The molecule has 0 aromatic heterocycles. The Balaban J connectivity index is 1.55. The molecule has 6 nitrogen and oxygen atoms in total. The molecule has 0 saturated carbocycles. The van der Waals surface area contributed by atoms with Crippen LogP contribution in [0.25, 0.3) is 11.1 Å². The number of nitriles is 1. The summed E-state index contributed by atoms with van der Waals surface area (Å²) in [5, 5.41) is 15.9. The first-order valence-corrected chi connectivity index (χ1v) is 8.86. The van der Waals surface area contributed by atoms with Gasteiger partial charge in [-0.1, -0.05) is 0 Å². The highest BCUT2D eigenvalue weighted by Gasteiger charge is 2.30. The molecule has 0 aliphatic carbocycles. The number of H-pyrrole nitrogens is 1. The molecule has 0 unspecified atom stereocenters. The van der Waals surface area contributed by atoms with E-state index >= 15 is 0 Å². The Labute approximate surface area is 164 Å². The summed E-state index contributed by atoms with van der Waals surface area (Å²) in [6, 6.07) is 7.37. The summed E-state index contributed by atoms with van der Waals surface area (Å²) in [5.74, 6) is 0.327. The molecule has 1 aromatic carbocycles. The fourth-order valence-electron chi connectivity index (χ4n) is 3.55. The number of hydrogen-bond donors (Lipinski definition) is 3. The number of anilines is 2. The van der Waals surface area contributed by atoms with E-state index in [4.69, 9.17) is 0 Å². The van der Waals surface area contributed by atoms with E-state index in [1.54, 1.807) is 35.9 Å². The third kappa shape index (κ3) is 2.80. The molecule has 3 N–H and O–H groups in total. The molecular weight excluding hydrogens is 374 g/mol. The van der Waals surface area contributed by atoms with Gasteiger partial charge >= 0.3 is 0 Å². The number of pyridine rings is 1. The van der Waals surface area contributed by atoms with Gasteiger partial charge in [-0.25, -0.2) is 8.78 Å². The maximum atomic E-state index is 14.3. The molecule has 0 fully saturated rings. The van der Waals surface area contributed by atoms with E-state index in [1.807, 2.05) is 6.07 Å². The van der Waals surface area contributed by atoms with Gasteiger partial charge in [-0.15, -0.1) is 0 Å². The Morgan fingerprint density at radius 3 is 2.97 bits per heavy atom. The van der Waals surface area contributed by atoms with Crippen LogP contribution in [0.4, 0.5) is 20.3 Å². The fourth-order valence-corrected chi connectivity index (χ4v) is 3.55. The van der Waals surface area contributed by atoms with Gasteiger partial charge in [-0.05, 0) is 18.2 Å². The van der Waals surface area contributed by atoms with Crippen LogP contribution in [0, 0.1) is 23.0 Å². The van der Waals surface area contributed by atoms with Gasteiger partial charge in [0, 0.05) is 59.3 Å². The lowest BCUT2D eigenvalue weighted by atomic mass is 10.00. The van der Waals surface area contributed by atoms with Gasteiger partial charge in [0.15, 0.2) is 0 Å². The number of hydrogen-bond acceptors (Lipinski definition) is 5. The average molecular weight is 388 g/mol. The van der Waals surface area contributed by atoms with Gasteiger partial charge in [0.05, 0.1) is 17.8 Å². The van der Waals surface area contributed by atoms with Crippen molar-refractivity contribution < 1.29 is 8.78 Å². The maximum absolute atomic E-state index is 14.3. The number of nitrogens with one attached hydrogen (secondary N) is 3. The van der Waals surface area contributed by atoms with Crippen molar-refractivity contribution in [2.24, 2.45) is 0 Å². The molecular formula is C21H14F2N6. The van der Waals surface area contributed by atoms with Crippen molar-refractivity contribution in [2.75, 3.05) is 16.8 Å². The zero-order chi connectivity index (χ0) is 20.0. The summed E-state index contributed by atoms with van der Waals surface area (Å²) in [7, 11) is 0. The van der Waals surface area contributed by atoms with Crippen molar-refractivity contribution in [3.8, 4) is 17.2 Å². The van der Waals surface area contributed by atoms with Gasteiger partial charge in [0.2, 0.25) is 0 Å². The van der Waals surface area contributed by atoms with Gasteiger partial charge in [-0.3, -0.25) is 4.98 Å². The largest absolute Gasteiger partial charge is 0.348 e. The number of rotatable bonds is 3. The third-order valence-electron chi connectivity index (χ3n) is 4.97. The van der Waals surface area contributed by atoms with Crippen LogP contribution in [-0.2, 0) is 0 Å². The predicted molar refractivity (Wildman–Crippen MR) is 104 cm³/mol. The number of aromatic nitrogens is 2. The second-order valence-corrected chi connectivity index (χ2v) is 6.69. The first-order valence-electron chi connectivity index (χ1n) is 8.86. The molecule has 0 bridgehead atoms. The molecule has 4 aliphatic heterocycles. The van der Waals surface area contributed by atoms with Crippen LogP contribution in [-0.4, -0.2) is 16.5 Å². The first kappa shape index (κ1) is 17.0. The van der Waals surface area contributed by atoms with Crippen LogP contribution in [0.3, 0.4) is 0 Å². The summed E-state index contributed by atoms with van der Waals surface area (Å²) in [6.07, 6.45) is 8.57. The number of aromatic amines is 1. The summed E-state index contributed by atoms with van der Waals surface area (Å²) in [6.45, 7) is 0.277. The molecule has 0 saturated heterocycles. The van der Waals surface area contributed by atoms with Gasteiger partial charge < -0.3 is 20.5 Å². The summed E-state index contributed by atoms with van der Waals surface area (Å²) >= 11 is 0. The van der Waals surface area contributed by atoms with Crippen LogP contribution in [0.2, 0.25) is 0 Å². The zero-order valence-corrected chi connectivity index (χ0v) is 15.0. The summed E-state index contributed by atoms with van der Waals surface area (Å²) in [5.41, 5.74) is 3.86. The number of fused-ring (bicyclic) bond motifs is 2. The van der Waals surface area contributed by atoms with Crippen LogP contribution in [0.1, 0.15) is 0 Å². The molecule has 29 heavy (non-hydrogen) atoms. The predicted octanol–water partition coefficient (Wildman–Crippen LogP) is 3.83. The van der Waals surface area contributed by atoms with Crippen molar-refractivity contribution in [1.82, 2.24) is 15.3 Å². The van der Waals surface area contributed by atoms with Crippen molar-refractivity contribution >= 4 is 11.5 Å². The molecule has 0 amide bonds. The minimum Gasteiger partial charge on any atom is -0.348 e. The number of benzene rings is 1. The van der Waals surface area contributed by atoms with E-state index in [9.17, 15) is 14.0 Å². The Kier molecular flexibility index (Phi) is 3.81. The molecule has 0 radical (unpaired) electrons. The molecule has 4 heterocycles. The molecule has 0 spiro atoms. The topological polar surface area (TPSA) is 79.8 Å². The maximum Gasteiger partial charge on any atom is 0.147 e. The summed E-state index contributed by atoms with van der Waals surface area (Å²) in [4.78, 5) is 8.92. The molecule has 4 aliphatic rings. The molecule has 1 aromatic rings. The van der Waals surface area contributed by atoms with E-state index in [0.717, 1.165) is 40.7 Å². The van der Waals surface area contributed by atoms with Crippen LogP contribution < -0.4 is 15.5 Å². The number of halogens is 2. The van der Waals surface area contributed by atoms with E-state index < -0.39 is 11.6 Å². The number of dihydropyridines is 1. The number of nitrogens with zero attached hydrogens (tertiary/aromatic N) is 3. The van der Waals surface area contributed by atoms with Gasteiger partial charge in [0.25, 0.3) is 0 Å². The molecule has 5 rings (SSSR count). The molecule has 8 heteroatoms. The minimum atomic E-state index is -0.534. The monoisotopic (exact) mass is 388 g/mol. The van der Waals surface area contributed by atoms with Crippen LogP contribution in [0.5, 0.6) is 0 Å². The Morgan fingerprint density at radius 1 is 1.21 bits per heavy atom. The van der Waals surface area contributed by atoms with E-state index in [0.29, 0.717) is 17.0 Å². The smallest absolute Gasteiger partial charge is 0.147 e. The van der Waals surface area contributed by atoms with Gasteiger partial charge in [0.1, 0.15) is 29.3 Å². The lowest BCUT2D eigenvalue weighted by Gasteiger charge is -2.22. The van der Waals surface area contributed by atoms with Crippen molar-refractivity contribution in [1.29, 1.82) is 5.26 Å². The standard InChI is InChI=1S/C21H14F2N6/c22-14-1-2-18(23)19(5-14)29-10-16-13(6-24)8-27-21(17(16)11-29)28-20-15-9-25-7-12(15)3-4-26-20/h1-5,7-10,26-28H,11H2. The quantitative estimate of drug-likeness (QED) is 0.636. The molecule has 142 valence electrons. The average Bonchev–Trinajstić information content (AvgIpc) is 3.38. The Morgan fingerprint density at radius 2 is 2.10 bits per heavy atom.